The Morgan fingerprint density at radius 3 is 2.77 bits per heavy atom. The van der Waals surface area contributed by atoms with E-state index >= 15 is 0 Å². The second kappa shape index (κ2) is 9.50. The number of hydrogen-bond acceptors (Lipinski definition) is 8. The van der Waals surface area contributed by atoms with Crippen LogP contribution in [0.4, 0.5) is 11.4 Å². The molecule has 3 N–H and O–H groups in total. The summed E-state index contributed by atoms with van der Waals surface area (Å²) in [6.45, 7) is 1.96. The van der Waals surface area contributed by atoms with Gasteiger partial charge in [0.15, 0.2) is 11.0 Å². The summed E-state index contributed by atoms with van der Waals surface area (Å²) in [6.07, 6.45) is 0.103. The van der Waals surface area contributed by atoms with Gasteiger partial charge in [-0.25, -0.2) is 0 Å². The van der Waals surface area contributed by atoms with Crippen molar-refractivity contribution in [1.29, 1.82) is 0 Å². The molecule has 0 fully saturated rings. The van der Waals surface area contributed by atoms with Gasteiger partial charge in [-0.2, -0.15) is 0 Å². The molecule has 0 bridgehead atoms. The summed E-state index contributed by atoms with van der Waals surface area (Å²) < 4.78 is 1.74. The number of para-hydroxylation sites is 1. The van der Waals surface area contributed by atoms with Crippen LogP contribution >= 0.6 is 23.1 Å². The number of aromatic nitrogens is 3. The normalized spacial score (nSPS) is 10.7. The van der Waals surface area contributed by atoms with Crippen molar-refractivity contribution in [2.24, 2.45) is 5.73 Å². The number of nitro benzene ring substituents is 1. The molecule has 2 aromatic heterocycles. The fourth-order valence-corrected chi connectivity index (χ4v) is 4.16. The first-order valence-electron chi connectivity index (χ1n) is 8.79. The lowest BCUT2D eigenvalue weighted by Crippen LogP contribution is -2.17. The second-order valence-corrected chi connectivity index (χ2v) is 8.10. The number of carbonyl (C=O) groups excluding carboxylic acids is 2. The molecule has 30 heavy (non-hydrogen) atoms. The first kappa shape index (κ1) is 21.5. The van der Waals surface area contributed by atoms with Gasteiger partial charge < -0.3 is 15.6 Å². The molecule has 0 aliphatic rings. The van der Waals surface area contributed by atoms with Gasteiger partial charge in [0.05, 0.1) is 15.6 Å². The van der Waals surface area contributed by atoms with Gasteiger partial charge in [-0.1, -0.05) is 30.0 Å². The molecule has 0 spiro atoms. The Morgan fingerprint density at radius 2 is 2.10 bits per heavy atom. The van der Waals surface area contributed by atoms with Crippen molar-refractivity contribution in [1.82, 2.24) is 14.8 Å². The number of anilines is 1. The summed E-state index contributed by atoms with van der Waals surface area (Å²) >= 11 is 2.60. The molecule has 0 aliphatic heterocycles. The van der Waals surface area contributed by atoms with Crippen LogP contribution in [0.1, 0.15) is 12.0 Å². The fraction of sp³-hybridized carbons (Fsp3) is 0.222. The number of nitrogens with zero attached hydrogens (tertiary/aromatic N) is 4. The second-order valence-electron chi connectivity index (χ2n) is 6.21. The number of nitrogens with two attached hydrogens (primary N) is 1. The van der Waals surface area contributed by atoms with Gasteiger partial charge in [-0.15, -0.1) is 21.5 Å². The maximum Gasteiger partial charge on any atom is 0.293 e. The number of aryl methyl sites for hydroxylation is 1. The Labute approximate surface area is 179 Å². The zero-order valence-corrected chi connectivity index (χ0v) is 17.5. The molecule has 10 nitrogen and oxygen atoms in total. The van der Waals surface area contributed by atoms with E-state index in [2.05, 4.69) is 15.5 Å². The van der Waals surface area contributed by atoms with Crippen molar-refractivity contribution in [2.75, 3.05) is 11.1 Å². The van der Waals surface area contributed by atoms with Crippen LogP contribution in [-0.4, -0.2) is 37.3 Å². The molecule has 0 atom stereocenters. The molecule has 0 radical (unpaired) electrons. The molecule has 3 rings (SSSR count). The number of benzene rings is 1. The van der Waals surface area contributed by atoms with Gasteiger partial charge in [0.2, 0.25) is 11.8 Å². The van der Waals surface area contributed by atoms with Crippen LogP contribution in [-0.2, 0) is 16.1 Å². The van der Waals surface area contributed by atoms with Gasteiger partial charge in [0.1, 0.15) is 5.69 Å². The van der Waals surface area contributed by atoms with Crippen LogP contribution in [0, 0.1) is 17.0 Å². The standard InChI is InChI=1S/C18H18N6O4S2/c1-11-4-2-5-12(24(27)28)16(11)20-15(26)10-30-18-22-21-17(13-6-3-9-29-13)23(18)8-7-14(19)25/h2-6,9H,7-8,10H2,1H3,(H2,19,25)(H,20,26). The maximum atomic E-state index is 12.4. The van der Waals surface area contributed by atoms with Crippen molar-refractivity contribution < 1.29 is 14.5 Å². The Morgan fingerprint density at radius 1 is 1.30 bits per heavy atom. The number of hydrogen-bond donors (Lipinski definition) is 2. The number of carbonyl (C=O) groups is 2. The molecule has 0 saturated heterocycles. The van der Waals surface area contributed by atoms with E-state index in [9.17, 15) is 19.7 Å². The van der Waals surface area contributed by atoms with Gasteiger partial charge in [0.25, 0.3) is 5.69 Å². The highest BCUT2D eigenvalue weighted by molar-refractivity contribution is 7.99. The zero-order chi connectivity index (χ0) is 21.7. The highest BCUT2D eigenvalue weighted by Crippen LogP contribution is 2.29. The molecule has 12 heteroatoms. The number of amides is 2. The van der Waals surface area contributed by atoms with Crippen molar-refractivity contribution in [2.45, 2.75) is 25.0 Å². The Kier molecular flexibility index (Phi) is 6.79. The lowest BCUT2D eigenvalue weighted by atomic mass is 10.1. The molecule has 2 heterocycles. The van der Waals surface area contributed by atoms with E-state index in [0.717, 1.165) is 16.6 Å². The van der Waals surface area contributed by atoms with E-state index in [1.807, 2.05) is 17.5 Å². The fourth-order valence-electron chi connectivity index (χ4n) is 2.68. The summed E-state index contributed by atoms with van der Waals surface area (Å²) in [5.74, 6) is -0.324. The molecule has 0 saturated carbocycles. The minimum Gasteiger partial charge on any atom is -0.370 e. The van der Waals surface area contributed by atoms with Crippen LogP contribution in [0.3, 0.4) is 0 Å². The molecule has 0 unspecified atom stereocenters. The number of primary amides is 1. The Hall–Kier alpha value is -3.25. The molecule has 0 aliphatic carbocycles. The number of rotatable bonds is 9. The summed E-state index contributed by atoms with van der Waals surface area (Å²) in [6, 6.07) is 8.34. The average Bonchev–Trinajstić information content (AvgIpc) is 3.35. The molecule has 2 amide bonds. The van der Waals surface area contributed by atoms with Crippen LogP contribution in [0.2, 0.25) is 0 Å². The number of nitrogens with one attached hydrogen (secondary N) is 1. The number of thiophene rings is 1. The first-order chi connectivity index (χ1) is 14.4. The minimum absolute atomic E-state index is 0.0371. The summed E-state index contributed by atoms with van der Waals surface area (Å²) in [7, 11) is 0. The summed E-state index contributed by atoms with van der Waals surface area (Å²) in [4.78, 5) is 35.2. The lowest BCUT2D eigenvalue weighted by molar-refractivity contribution is -0.384. The number of thioether (sulfide) groups is 1. The number of nitro groups is 1. The third-order valence-electron chi connectivity index (χ3n) is 4.08. The topological polar surface area (TPSA) is 146 Å². The van der Waals surface area contributed by atoms with Crippen LogP contribution < -0.4 is 11.1 Å². The van der Waals surface area contributed by atoms with Crippen molar-refractivity contribution in [3.63, 3.8) is 0 Å². The zero-order valence-electron chi connectivity index (χ0n) is 15.9. The van der Waals surface area contributed by atoms with E-state index in [1.165, 1.54) is 17.4 Å². The van der Waals surface area contributed by atoms with Crippen molar-refractivity contribution in [3.05, 3.63) is 51.4 Å². The Bertz CT molecular complexity index is 1080. The van der Waals surface area contributed by atoms with Gasteiger partial charge in [0, 0.05) is 19.0 Å². The lowest BCUT2D eigenvalue weighted by Gasteiger charge is -2.10. The first-order valence-corrected chi connectivity index (χ1v) is 10.7. The molecule has 156 valence electrons. The Balaban J connectivity index is 1.75. The SMILES string of the molecule is Cc1cccc([N+](=O)[O-])c1NC(=O)CSc1nnc(-c2cccs2)n1CCC(N)=O. The highest BCUT2D eigenvalue weighted by atomic mass is 32.2. The summed E-state index contributed by atoms with van der Waals surface area (Å²) in [5, 5.41) is 24.5. The summed E-state index contributed by atoms with van der Waals surface area (Å²) in [5.41, 5.74) is 5.86. The van der Waals surface area contributed by atoms with Crippen molar-refractivity contribution in [3.8, 4) is 10.7 Å². The van der Waals surface area contributed by atoms with E-state index in [4.69, 9.17) is 5.73 Å². The van der Waals surface area contributed by atoms with E-state index in [1.54, 1.807) is 23.6 Å². The van der Waals surface area contributed by atoms with Crippen LogP contribution in [0.25, 0.3) is 10.7 Å². The van der Waals surface area contributed by atoms with Crippen molar-refractivity contribution >= 4 is 46.3 Å². The van der Waals surface area contributed by atoms with E-state index in [-0.39, 0.29) is 30.1 Å². The molecular formula is C18H18N6O4S2. The third kappa shape index (κ3) is 5.02. The van der Waals surface area contributed by atoms with Crippen LogP contribution in [0.15, 0.2) is 40.9 Å². The monoisotopic (exact) mass is 446 g/mol. The smallest absolute Gasteiger partial charge is 0.293 e. The third-order valence-corrected chi connectivity index (χ3v) is 5.92. The quantitative estimate of drug-likeness (QED) is 0.292. The molecular weight excluding hydrogens is 428 g/mol. The minimum atomic E-state index is -0.538. The van der Waals surface area contributed by atoms with Gasteiger partial charge >= 0.3 is 0 Å². The molecule has 3 aromatic rings. The van der Waals surface area contributed by atoms with Gasteiger partial charge in [-0.3, -0.25) is 19.7 Å². The molecule has 1 aromatic carbocycles. The predicted molar refractivity (Wildman–Crippen MR) is 114 cm³/mol. The van der Waals surface area contributed by atoms with Crippen LogP contribution in [0.5, 0.6) is 0 Å². The van der Waals surface area contributed by atoms with E-state index in [0.29, 0.717) is 16.5 Å². The largest absolute Gasteiger partial charge is 0.370 e. The average molecular weight is 447 g/mol. The van der Waals surface area contributed by atoms with E-state index < -0.39 is 16.7 Å². The van der Waals surface area contributed by atoms with Gasteiger partial charge in [-0.05, 0) is 23.9 Å². The maximum absolute atomic E-state index is 12.4. The predicted octanol–water partition coefficient (Wildman–Crippen LogP) is 2.83. The highest BCUT2D eigenvalue weighted by Gasteiger charge is 2.20.